The monoisotopic (exact) mass is 402 g/mol. The Morgan fingerprint density at radius 1 is 1.19 bits per heavy atom. The molecule has 26 heavy (non-hydrogen) atoms. The molecule has 130 valence electrons. The number of fused-ring (bicyclic) bond motifs is 1. The van der Waals surface area contributed by atoms with Gasteiger partial charge in [-0.2, -0.15) is 0 Å². The number of amides is 2. The van der Waals surface area contributed by atoms with Crippen LogP contribution in [0.5, 0.6) is 5.75 Å². The summed E-state index contributed by atoms with van der Waals surface area (Å²) in [5, 5.41) is 3.17. The summed E-state index contributed by atoms with van der Waals surface area (Å²) in [6.45, 7) is -0.0391. The van der Waals surface area contributed by atoms with Gasteiger partial charge in [-0.25, -0.2) is 0 Å². The first kappa shape index (κ1) is 17.1. The van der Waals surface area contributed by atoms with Gasteiger partial charge in [0.1, 0.15) is 10.1 Å². The topological polar surface area (TPSA) is 58.6 Å². The molecular weight excluding hydrogens is 392 g/mol. The minimum absolute atomic E-state index is 0.0391. The first-order chi connectivity index (χ1) is 12.5. The zero-order valence-corrected chi connectivity index (χ0v) is 15.6. The Balaban J connectivity index is 1.76. The summed E-state index contributed by atoms with van der Waals surface area (Å²) in [7, 11) is 0. The number of ether oxygens (including phenoxy) is 1. The number of halogens is 1. The van der Waals surface area contributed by atoms with Crippen LogP contribution < -0.4 is 15.0 Å². The van der Waals surface area contributed by atoms with Gasteiger partial charge >= 0.3 is 0 Å². The molecule has 0 radical (unpaired) electrons. The van der Waals surface area contributed by atoms with Crippen molar-refractivity contribution in [3.8, 4) is 5.75 Å². The predicted octanol–water partition coefficient (Wildman–Crippen LogP) is 3.89. The molecule has 0 aliphatic carbocycles. The Kier molecular flexibility index (Phi) is 4.44. The number of hydrogen-bond donors (Lipinski definition) is 1. The highest BCUT2D eigenvalue weighted by atomic mass is 35.5. The van der Waals surface area contributed by atoms with Crippen molar-refractivity contribution in [1.82, 2.24) is 5.32 Å². The van der Waals surface area contributed by atoms with Crippen molar-refractivity contribution in [2.24, 2.45) is 0 Å². The van der Waals surface area contributed by atoms with E-state index in [0.29, 0.717) is 31.4 Å². The molecule has 5 nitrogen and oxygen atoms in total. The lowest BCUT2D eigenvalue weighted by atomic mass is 10.1. The Labute approximate surface area is 164 Å². The number of thioether (sulfide) groups is 1. The number of rotatable bonds is 2. The number of hydrogen-bond acceptors (Lipinski definition) is 5. The largest absolute Gasteiger partial charge is 0.482 e. The maximum Gasteiger partial charge on any atom is 0.269 e. The Morgan fingerprint density at radius 2 is 1.96 bits per heavy atom. The van der Waals surface area contributed by atoms with Crippen molar-refractivity contribution >= 4 is 69.2 Å². The van der Waals surface area contributed by atoms with Crippen LogP contribution in [0.4, 0.5) is 11.4 Å². The first-order valence-corrected chi connectivity index (χ1v) is 9.22. The predicted molar refractivity (Wildman–Crippen MR) is 107 cm³/mol. The molecule has 2 aliphatic heterocycles. The van der Waals surface area contributed by atoms with Crippen LogP contribution in [0.2, 0.25) is 5.02 Å². The number of thiocarbonyl (C=S) groups is 1. The minimum atomic E-state index is -0.223. The summed E-state index contributed by atoms with van der Waals surface area (Å²) >= 11 is 12.2. The molecule has 2 amide bonds. The normalized spacial score (nSPS) is 18.0. The molecule has 1 saturated heterocycles. The van der Waals surface area contributed by atoms with Crippen molar-refractivity contribution in [3.63, 3.8) is 0 Å². The molecule has 0 unspecified atom stereocenters. The average molecular weight is 403 g/mol. The van der Waals surface area contributed by atoms with E-state index in [1.807, 2.05) is 12.1 Å². The Morgan fingerprint density at radius 3 is 2.65 bits per heavy atom. The third kappa shape index (κ3) is 3.21. The lowest BCUT2D eigenvalue weighted by Gasteiger charge is -2.29. The molecule has 0 bridgehead atoms. The van der Waals surface area contributed by atoms with Crippen molar-refractivity contribution in [1.29, 1.82) is 0 Å². The van der Waals surface area contributed by atoms with Gasteiger partial charge in [-0.15, -0.1) is 0 Å². The van der Waals surface area contributed by atoms with Crippen molar-refractivity contribution in [2.75, 3.05) is 11.5 Å². The maximum absolute atomic E-state index is 12.5. The van der Waals surface area contributed by atoms with E-state index in [1.165, 1.54) is 11.8 Å². The lowest BCUT2D eigenvalue weighted by Crippen LogP contribution is -2.35. The van der Waals surface area contributed by atoms with Gasteiger partial charge in [-0.3, -0.25) is 14.5 Å². The number of anilines is 2. The van der Waals surface area contributed by atoms with Gasteiger partial charge in [-0.1, -0.05) is 41.6 Å². The highest BCUT2D eigenvalue weighted by Gasteiger charge is 2.28. The number of carbonyl (C=O) groups is 2. The van der Waals surface area contributed by atoms with Gasteiger partial charge < -0.3 is 10.1 Å². The fourth-order valence-corrected chi connectivity index (χ4v) is 3.88. The van der Waals surface area contributed by atoms with Crippen LogP contribution in [0, 0.1) is 0 Å². The van der Waals surface area contributed by atoms with Crippen LogP contribution in [0.15, 0.2) is 47.4 Å². The summed E-state index contributed by atoms with van der Waals surface area (Å²) in [5.41, 5.74) is 2.08. The molecule has 2 aromatic carbocycles. The zero-order valence-electron chi connectivity index (χ0n) is 13.2. The molecule has 1 fully saturated rings. The van der Waals surface area contributed by atoms with Crippen LogP contribution >= 0.6 is 35.6 Å². The summed E-state index contributed by atoms with van der Waals surface area (Å²) in [6, 6.07) is 12.4. The Hall–Kier alpha value is -2.35. The summed E-state index contributed by atoms with van der Waals surface area (Å²) in [4.78, 5) is 26.4. The first-order valence-electron chi connectivity index (χ1n) is 7.61. The fraction of sp³-hybridized carbons (Fsp3) is 0.0556. The van der Waals surface area contributed by atoms with Crippen molar-refractivity contribution in [3.05, 3.63) is 58.0 Å². The standard InChI is InChI=1S/C18H11ClN2O3S2/c19-11-2-4-12(5-3-11)21-13-7-10(1-6-14(13)24-9-16(21)22)8-15-17(23)20-18(25)26-15/h1-8H,9H2,(H,20,23,25). The van der Waals surface area contributed by atoms with Crippen LogP contribution in [0.3, 0.4) is 0 Å². The number of nitrogens with one attached hydrogen (secondary N) is 1. The van der Waals surface area contributed by atoms with Gasteiger partial charge in [0.15, 0.2) is 6.61 Å². The van der Waals surface area contributed by atoms with Gasteiger partial charge in [0.25, 0.3) is 11.8 Å². The summed E-state index contributed by atoms with van der Waals surface area (Å²) < 4.78 is 5.96. The van der Waals surface area contributed by atoms with Crippen LogP contribution in [-0.4, -0.2) is 22.7 Å². The maximum atomic E-state index is 12.5. The molecule has 1 N–H and O–H groups in total. The molecule has 2 aromatic rings. The molecule has 0 spiro atoms. The molecular formula is C18H11ClN2O3S2. The quantitative estimate of drug-likeness (QED) is 0.610. The van der Waals surface area contributed by atoms with Gasteiger partial charge in [0, 0.05) is 10.7 Å². The van der Waals surface area contributed by atoms with E-state index >= 15 is 0 Å². The fourth-order valence-electron chi connectivity index (χ4n) is 2.71. The lowest BCUT2D eigenvalue weighted by molar-refractivity contribution is -0.120. The van der Waals surface area contributed by atoms with Crippen molar-refractivity contribution in [2.45, 2.75) is 0 Å². The number of carbonyl (C=O) groups excluding carboxylic acids is 2. The van der Waals surface area contributed by atoms with E-state index in [0.717, 1.165) is 5.56 Å². The van der Waals surface area contributed by atoms with Gasteiger partial charge in [0.2, 0.25) is 0 Å². The summed E-state index contributed by atoms with van der Waals surface area (Å²) in [5.74, 6) is 0.194. The highest BCUT2D eigenvalue weighted by Crippen LogP contribution is 2.39. The second-order valence-corrected chi connectivity index (χ2v) is 7.73. The van der Waals surface area contributed by atoms with E-state index in [1.54, 1.807) is 41.3 Å². The van der Waals surface area contributed by atoms with Crippen LogP contribution in [0.25, 0.3) is 6.08 Å². The van der Waals surface area contributed by atoms with Crippen LogP contribution in [-0.2, 0) is 9.59 Å². The van der Waals surface area contributed by atoms with Crippen LogP contribution in [0.1, 0.15) is 5.56 Å². The average Bonchev–Trinajstić information content (AvgIpc) is 2.93. The molecule has 4 rings (SSSR count). The van der Waals surface area contributed by atoms with E-state index in [4.69, 9.17) is 28.6 Å². The highest BCUT2D eigenvalue weighted by molar-refractivity contribution is 8.26. The van der Waals surface area contributed by atoms with E-state index in [2.05, 4.69) is 5.32 Å². The zero-order chi connectivity index (χ0) is 18.3. The SMILES string of the molecule is O=C1NC(=S)SC1=Cc1ccc2c(c1)N(c1ccc(Cl)cc1)C(=O)CO2. The molecule has 2 heterocycles. The van der Waals surface area contributed by atoms with Crippen molar-refractivity contribution < 1.29 is 14.3 Å². The summed E-state index contributed by atoms with van der Waals surface area (Å²) in [6.07, 6.45) is 1.73. The Bertz CT molecular complexity index is 973. The smallest absolute Gasteiger partial charge is 0.269 e. The number of nitrogens with zero attached hydrogens (tertiary/aromatic N) is 1. The molecule has 0 saturated carbocycles. The van der Waals surface area contributed by atoms with Gasteiger partial charge in [-0.05, 0) is 48.0 Å². The van der Waals surface area contributed by atoms with E-state index in [-0.39, 0.29) is 18.4 Å². The molecule has 0 aromatic heterocycles. The van der Waals surface area contributed by atoms with E-state index < -0.39 is 0 Å². The molecule has 2 aliphatic rings. The van der Waals surface area contributed by atoms with E-state index in [9.17, 15) is 9.59 Å². The number of benzene rings is 2. The second-order valence-electron chi connectivity index (χ2n) is 5.57. The molecule has 8 heteroatoms. The minimum Gasteiger partial charge on any atom is -0.482 e. The third-order valence-electron chi connectivity index (χ3n) is 3.85. The third-order valence-corrected chi connectivity index (χ3v) is 5.26. The molecule has 0 atom stereocenters. The second kappa shape index (κ2) is 6.75. The van der Waals surface area contributed by atoms with Gasteiger partial charge in [0.05, 0.1) is 10.6 Å².